The summed E-state index contributed by atoms with van der Waals surface area (Å²) in [4.78, 5) is 30.3. The largest absolute Gasteiger partial charge is 0.494 e. The number of hydrogen-bond acceptors (Lipinski definition) is 6. The molecule has 2 aromatic heterocycles. The molecule has 9 nitrogen and oxygen atoms in total. The van der Waals surface area contributed by atoms with Gasteiger partial charge < -0.3 is 20.9 Å². The molecule has 6 rings (SSSR count). The smallest absolute Gasteiger partial charge is 0.333 e. The Morgan fingerprint density at radius 2 is 1.91 bits per heavy atom. The number of alkyl halides is 2. The van der Waals surface area contributed by atoms with Gasteiger partial charge in [0.25, 0.3) is 5.91 Å². The number of amides is 2. The molecule has 0 radical (unpaired) electrons. The second-order valence-corrected chi connectivity index (χ2v) is 11.6. The van der Waals surface area contributed by atoms with E-state index in [4.69, 9.17) is 22.1 Å². The predicted octanol–water partition coefficient (Wildman–Crippen LogP) is 4.98. The number of aliphatic hydroxyl groups is 1. The number of nitrogens with two attached hydrogens (primary N) is 1. The van der Waals surface area contributed by atoms with Crippen LogP contribution in [-0.2, 0) is 15.8 Å². The highest BCUT2D eigenvalue weighted by Crippen LogP contribution is 2.51. The topological polar surface area (TPSA) is 132 Å². The van der Waals surface area contributed by atoms with Gasteiger partial charge in [-0.1, -0.05) is 11.6 Å². The van der Waals surface area contributed by atoms with Crippen molar-refractivity contribution < 1.29 is 37.0 Å². The van der Waals surface area contributed by atoms with Gasteiger partial charge in [-0.15, -0.1) is 0 Å². The van der Waals surface area contributed by atoms with E-state index in [1.54, 1.807) is 0 Å². The van der Waals surface area contributed by atoms with E-state index in [-0.39, 0.29) is 56.7 Å². The summed E-state index contributed by atoms with van der Waals surface area (Å²) in [7, 11) is 1.32. The van der Waals surface area contributed by atoms with E-state index in [9.17, 15) is 32.3 Å². The lowest BCUT2D eigenvalue weighted by Gasteiger charge is -2.30. The summed E-state index contributed by atoms with van der Waals surface area (Å²) in [6.45, 7) is -3.23. The molecule has 2 aliphatic carbocycles. The SMILES string of the molecule is COc1cc(C(=O)NC[C@](O)(c2cc(C3(C(N)=O)CC3)cc(-c3cc(Cl)c(F)cc3F)n2)C2CC2)cc2cn(C(F)F)nc12. The van der Waals surface area contributed by atoms with Gasteiger partial charge in [-0.2, -0.15) is 13.9 Å². The van der Waals surface area contributed by atoms with Gasteiger partial charge in [0.1, 0.15) is 28.5 Å². The zero-order chi connectivity index (χ0) is 31.6. The fourth-order valence-corrected chi connectivity index (χ4v) is 5.68. The molecular formula is C30H26ClF4N5O4. The van der Waals surface area contributed by atoms with Crippen LogP contribution in [0, 0.1) is 17.6 Å². The van der Waals surface area contributed by atoms with Crippen LogP contribution in [0.3, 0.4) is 0 Å². The molecule has 230 valence electrons. The number of nitrogens with one attached hydrogen (secondary N) is 1. The van der Waals surface area contributed by atoms with Crippen LogP contribution in [0.25, 0.3) is 22.2 Å². The number of carbonyl (C=O) groups excluding carboxylic acids is 2. The Kier molecular flexibility index (Phi) is 7.28. The standard InChI is InChI=1S/C30H26ClF4N5O4/c1-44-23-7-14(6-15-12-40(28(34)35)39-25(15)23)26(41)37-13-30(43,16-2-3-16)24-9-17(29(4-5-29)27(36)42)8-22(38-24)18-10-19(31)21(33)11-20(18)32/h6-12,16,28,43H,2-5,13H2,1H3,(H2,36,42)(H,37,41)/t30-/m1/s1. The summed E-state index contributed by atoms with van der Waals surface area (Å²) in [6, 6.07) is 7.42. The minimum absolute atomic E-state index is 0.000978. The Morgan fingerprint density at radius 3 is 2.52 bits per heavy atom. The first-order valence-electron chi connectivity index (χ1n) is 13.7. The van der Waals surface area contributed by atoms with Crippen LogP contribution in [0.2, 0.25) is 5.02 Å². The Labute approximate surface area is 253 Å². The number of hydrogen-bond donors (Lipinski definition) is 3. The zero-order valence-corrected chi connectivity index (χ0v) is 24.0. The fourth-order valence-electron chi connectivity index (χ4n) is 5.52. The molecule has 2 heterocycles. The first-order chi connectivity index (χ1) is 20.9. The van der Waals surface area contributed by atoms with E-state index in [1.807, 2.05) is 0 Å². The highest BCUT2D eigenvalue weighted by molar-refractivity contribution is 6.31. The summed E-state index contributed by atoms with van der Waals surface area (Å²) < 4.78 is 61.1. The number of fused-ring (bicyclic) bond motifs is 1. The normalized spacial score (nSPS) is 17.0. The number of halogens is 5. The number of aromatic nitrogens is 3. The molecule has 4 aromatic rings. The summed E-state index contributed by atoms with van der Waals surface area (Å²) in [5.74, 6) is -3.39. The van der Waals surface area contributed by atoms with E-state index in [1.165, 1.54) is 31.4 Å². The molecule has 4 N–H and O–H groups in total. The molecule has 44 heavy (non-hydrogen) atoms. The van der Waals surface area contributed by atoms with Crippen LogP contribution in [0.15, 0.2) is 42.6 Å². The predicted molar refractivity (Wildman–Crippen MR) is 151 cm³/mol. The second kappa shape index (κ2) is 10.7. The van der Waals surface area contributed by atoms with Crippen molar-refractivity contribution in [2.75, 3.05) is 13.7 Å². The van der Waals surface area contributed by atoms with Gasteiger partial charge >= 0.3 is 6.55 Å². The number of methoxy groups -OCH3 is 1. The number of benzene rings is 2. The Morgan fingerprint density at radius 1 is 1.18 bits per heavy atom. The lowest BCUT2D eigenvalue weighted by Crippen LogP contribution is -2.43. The van der Waals surface area contributed by atoms with Gasteiger partial charge in [0.15, 0.2) is 0 Å². The van der Waals surface area contributed by atoms with Gasteiger partial charge in [0.2, 0.25) is 5.91 Å². The molecular weight excluding hydrogens is 606 g/mol. The van der Waals surface area contributed by atoms with Gasteiger partial charge in [-0.05, 0) is 67.5 Å². The van der Waals surface area contributed by atoms with E-state index in [0.717, 1.165) is 12.3 Å². The third kappa shape index (κ3) is 5.13. The maximum atomic E-state index is 15.0. The maximum Gasteiger partial charge on any atom is 0.333 e. The fraction of sp³-hybridized carbons (Fsp3) is 0.333. The van der Waals surface area contributed by atoms with Crippen molar-refractivity contribution in [2.24, 2.45) is 11.7 Å². The summed E-state index contributed by atoms with van der Waals surface area (Å²) in [6.07, 6.45) is 3.14. The minimum Gasteiger partial charge on any atom is -0.494 e. The maximum absolute atomic E-state index is 15.0. The molecule has 2 aliphatic rings. The van der Waals surface area contributed by atoms with E-state index in [2.05, 4.69) is 15.4 Å². The lowest BCUT2D eigenvalue weighted by atomic mass is 9.87. The van der Waals surface area contributed by atoms with Gasteiger partial charge in [0.05, 0.1) is 35.5 Å². The Hall–Kier alpha value is -4.23. The molecule has 0 spiro atoms. The average Bonchev–Trinajstić information content (AvgIpc) is 3.93. The minimum atomic E-state index is -2.89. The van der Waals surface area contributed by atoms with Crippen molar-refractivity contribution >= 4 is 34.3 Å². The Balaban J connectivity index is 1.38. The number of primary amides is 1. The van der Waals surface area contributed by atoms with E-state index < -0.39 is 41.0 Å². The van der Waals surface area contributed by atoms with Crippen molar-refractivity contribution in [3.8, 4) is 17.0 Å². The second-order valence-electron chi connectivity index (χ2n) is 11.2. The molecule has 0 aliphatic heterocycles. The average molecular weight is 632 g/mol. The molecule has 2 fully saturated rings. The van der Waals surface area contributed by atoms with Crippen LogP contribution in [-0.4, -0.2) is 45.3 Å². The molecule has 2 amide bonds. The van der Waals surface area contributed by atoms with Crippen molar-refractivity contribution in [3.05, 3.63) is 76.1 Å². The van der Waals surface area contributed by atoms with Crippen LogP contribution in [0.5, 0.6) is 5.75 Å². The highest BCUT2D eigenvalue weighted by atomic mass is 35.5. The summed E-state index contributed by atoms with van der Waals surface area (Å²) >= 11 is 5.94. The van der Waals surface area contributed by atoms with Crippen LogP contribution in [0.4, 0.5) is 17.6 Å². The van der Waals surface area contributed by atoms with Crippen LogP contribution < -0.4 is 15.8 Å². The van der Waals surface area contributed by atoms with E-state index >= 15 is 0 Å². The summed E-state index contributed by atoms with van der Waals surface area (Å²) in [5.41, 5.74) is 3.44. The van der Waals surface area contributed by atoms with Crippen molar-refractivity contribution in [1.29, 1.82) is 0 Å². The van der Waals surface area contributed by atoms with Gasteiger partial charge in [0, 0.05) is 28.8 Å². The molecule has 0 unspecified atom stereocenters. The highest BCUT2D eigenvalue weighted by Gasteiger charge is 2.52. The number of carbonyl (C=O) groups is 2. The zero-order valence-electron chi connectivity index (χ0n) is 23.2. The number of ether oxygens (including phenoxy) is 1. The quantitative estimate of drug-likeness (QED) is 0.167. The molecule has 2 aromatic carbocycles. The van der Waals surface area contributed by atoms with Crippen molar-refractivity contribution in [1.82, 2.24) is 20.1 Å². The van der Waals surface area contributed by atoms with Gasteiger partial charge in [-0.3, -0.25) is 9.59 Å². The van der Waals surface area contributed by atoms with Crippen molar-refractivity contribution in [3.63, 3.8) is 0 Å². The molecule has 14 heteroatoms. The number of nitrogens with zero attached hydrogens (tertiary/aromatic N) is 3. The number of rotatable bonds is 10. The lowest BCUT2D eigenvalue weighted by molar-refractivity contribution is -0.120. The summed E-state index contributed by atoms with van der Waals surface area (Å²) in [5, 5.41) is 18.4. The molecule has 0 saturated heterocycles. The monoisotopic (exact) mass is 631 g/mol. The number of pyridine rings is 1. The third-order valence-corrected chi connectivity index (χ3v) is 8.66. The van der Waals surface area contributed by atoms with Crippen LogP contribution in [0.1, 0.15) is 53.8 Å². The third-order valence-electron chi connectivity index (χ3n) is 8.37. The molecule has 2 saturated carbocycles. The van der Waals surface area contributed by atoms with Crippen LogP contribution >= 0.6 is 11.6 Å². The first kappa shape index (κ1) is 29.8. The van der Waals surface area contributed by atoms with E-state index in [0.29, 0.717) is 42.0 Å². The van der Waals surface area contributed by atoms with Gasteiger partial charge in [-0.25, -0.2) is 18.4 Å². The first-order valence-corrected chi connectivity index (χ1v) is 14.1. The molecule has 0 bridgehead atoms. The van der Waals surface area contributed by atoms with Crippen molar-refractivity contribution in [2.45, 2.75) is 43.2 Å². The molecule has 1 atom stereocenters. The Bertz CT molecular complexity index is 1820.